The largest absolute Gasteiger partial charge is 0.356 e. The molecule has 0 bridgehead atoms. The fourth-order valence-corrected chi connectivity index (χ4v) is 1.85. The van der Waals surface area contributed by atoms with E-state index in [1.165, 1.54) is 0 Å². The van der Waals surface area contributed by atoms with Gasteiger partial charge in [-0.05, 0) is 26.7 Å². The average Bonchev–Trinajstić information content (AvgIpc) is 2.33. The highest BCUT2D eigenvalue weighted by atomic mass is 16.2. The summed E-state index contributed by atoms with van der Waals surface area (Å²) in [6.45, 7) is 5.32. The first kappa shape index (κ1) is 16.9. The number of carbonyl (C=O) groups excluding carboxylic acids is 2. The van der Waals surface area contributed by atoms with Gasteiger partial charge in [0, 0.05) is 25.9 Å². The first-order valence-electron chi connectivity index (χ1n) is 7.24. The van der Waals surface area contributed by atoms with Crippen molar-refractivity contribution in [3.05, 3.63) is 0 Å². The molecule has 0 aromatic rings. The third-order valence-electron chi connectivity index (χ3n) is 2.81. The van der Waals surface area contributed by atoms with Crippen LogP contribution in [0.1, 0.15) is 65.2 Å². The van der Waals surface area contributed by atoms with E-state index in [0.717, 1.165) is 51.6 Å². The Kier molecular flexibility index (Phi) is 11.7. The second-order valence-electron chi connectivity index (χ2n) is 4.53. The van der Waals surface area contributed by atoms with Gasteiger partial charge in [0.2, 0.25) is 11.8 Å². The lowest BCUT2D eigenvalue weighted by Crippen LogP contribution is -2.22. The summed E-state index contributed by atoms with van der Waals surface area (Å²) in [6.07, 6.45) is 7.78. The molecule has 2 N–H and O–H groups in total. The Morgan fingerprint density at radius 2 is 1.00 bits per heavy atom. The summed E-state index contributed by atoms with van der Waals surface area (Å²) in [5.74, 6) is 0.322. The number of amides is 2. The SMILES string of the molecule is CCNC(=O)CCCCCCCCC(=O)NCC. The van der Waals surface area contributed by atoms with E-state index in [-0.39, 0.29) is 11.8 Å². The number of nitrogens with one attached hydrogen (secondary N) is 2. The van der Waals surface area contributed by atoms with Crippen LogP contribution in [0.5, 0.6) is 0 Å². The Bertz CT molecular complexity index is 206. The van der Waals surface area contributed by atoms with Crippen LogP contribution < -0.4 is 10.6 Å². The molecule has 4 heteroatoms. The minimum absolute atomic E-state index is 0.161. The monoisotopic (exact) mass is 256 g/mol. The van der Waals surface area contributed by atoms with Crippen molar-refractivity contribution in [3.63, 3.8) is 0 Å². The molecule has 0 aromatic heterocycles. The van der Waals surface area contributed by atoms with Gasteiger partial charge in [-0.25, -0.2) is 0 Å². The summed E-state index contributed by atoms with van der Waals surface area (Å²) in [5, 5.41) is 5.60. The molecule has 2 amide bonds. The van der Waals surface area contributed by atoms with E-state index in [0.29, 0.717) is 12.8 Å². The highest BCUT2D eigenvalue weighted by Crippen LogP contribution is 2.08. The van der Waals surface area contributed by atoms with Crippen molar-refractivity contribution in [2.24, 2.45) is 0 Å². The maximum absolute atomic E-state index is 11.2. The second-order valence-corrected chi connectivity index (χ2v) is 4.53. The standard InChI is InChI=1S/C14H28N2O2/c1-3-15-13(17)11-9-7-5-6-8-10-12-14(18)16-4-2/h3-12H2,1-2H3,(H,15,17)(H,16,18). The van der Waals surface area contributed by atoms with Crippen LogP contribution in [0.4, 0.5) is 0 Å². The Hall–Kier alpha value is -1.06. The van der Waals surface area contributed by atoms with Crippen molar-refractivity contribution in [1.29, 1.82) is 0 Å². The van der Waals surface area contributed by atoms with Crippen LogP contribution in [-0.4, -0.2) is 24.9 Å². The van der Waals surface area contributed by atoms with Crippen LogP contribution in [-0.2, 0) is 9.59 Å². The van der Waals surface area contributed by atoms with E-state index < -0.39 is 0 Å². The lowest BCUT2D eigenvalue weighted by molar-refractivity contribution is -0.122. The van der Waals surface area contributed by atoms with Crippen molar-refractivity contribution in [2.45, 2.75) is 65.2 Å². The molecule has 0 spiro atoms. The number of hydrogen-bond acceptors (Lipinski definition) is 2. The lowest BCUT2D eigenvalue weighted by atomic mass is 10.1. The van der Waals surface area contributed by atoms with E-state index in [4.69, 9.17) is 0 Å². The van der Waals surface area contributed by atoms with E-state index in [1.54, 1.807) is 0 Å². The Morgan fingerprint density at radius 1 is 0.667 bits per heavy atom. The lowest BCUT2D eigenvalue weighted by Gasteiger charge is -2.03. The Balaban J connectivity index is 3.16. The minimum atomic E-state index is 0.161. The Morgan fingerprint density at radius 3 is 1.33 bits per heavy atom. The highest BCUT2D eigenvalue weighted by molar-refractivity contribution is 5.76. The van der Waals surface area contributed by atoms with Gasteiger partial charge >= 0.3 is 0 Å². The number of carbonyl (C=O) groups is 2. The summed E-state index contributed by atoms with van der Waals surface area (Å²) in [6, 6.07) is 0. The normalized spacial score (nSPS) is 10.1. The van der Waals surface area contributed by atoms with Crippen LogP contribution in [0.25, 0.3) is 0 Å². The van der Waals surface area contributed by atoms with Crippen molar-refractivity contribution < 1.29 is 9.59 Å². The predicted molar refractivity (Wildman–Crippen MR) is 74.3 cm³/mol. The van der Waals surface area contributed by atoms with Crippen LogP contribution in [0.3, 0.4) is 0 Å². The molecule has 0 rings (SSSR count). The zero-order chi connectivity index (χ0) is 13.6. The van der Waals surface area contributed by atoms with Gasteiger partial charge in [-0.3, -0.25) is 9.59 Å². The van der Waals surface area contributed by atoms with Crippen molar-refractivity contribution in [2.75, 3.05) is 13.1 Å². The van der Waals surface area contributed by atoms with E-state index in [9.17, 15) is 9.59 Å². The molecule has 0 fully saturated rings. The summed E-state index contributed by atoms with van der Waals surface area (Å²) in [4.78, 5) is 22.3. The number of rotatable bonds is 11. The number of hydrogen-bond donors (Lipinski definition) is 2. The molecule has 4 nitrogen and oxygen atoms in total. The first-order chi connectivity index (χ1) is 8.70. The molecule has 0 radical (unpaired) electrons. The topological polar surface area (TPSA) is 58.2 Å². The van der Waals surface area contributed by atoms with Gasteiger partial charge in [0.25, 0.3) is 0 Å². The molecule has 0 saturated heterocycles. The summed E-state index contributed by atoms with van der Waals surface area (Å²) in [5.41, 5.74) is 0. The molecule has 0 aliphatic rings. The second kappa shape index (κ2) is 12.4. The van der Waals surface area contributed by atoms with Crippen molar-refractivity contribution >= 4 is 11.8 Å². The van der Waals surface area contributed by atoms with Crippen LogP contribution in [0.2, 0.25) is 0 Å². The summed E-state index contributed by atoms with van der Waals surface area (Å²) >= 11 is 0. The first-order valence-corrected chi connectivity index (χ1v) is 7.24. The molecule has 0 aromatic carbocycles. The van der Waals surface area contributed by atoms with Crippen LogP contribution >= 0.6 is 0 Å². The van der Waals surface area contributed by atoms with Gasteiger partial charge in [-0.1, -0.05) is 25.7 Å². The van der Waals surface area contributed by atoms with Gasteiger partial charge in [-0.15, -0.1) is 0 Å². The molecule has 18 heavy (non-hydrogen) atoms. The van der Waals surface area contributed by atoms with Crippen LogP contribution in [0, 0.1) is 0 Å². The summed E-state index contributed by atoms with van der Waals surface area (Å²) < 4.78 is 0. The van der Waals surface area contributed by atoms with Crippen molar-refractivity contribution in [3.8, 4) is 0 Å². The smallest absolute Gasteiger partial charge is 0.219 e. The maximum Gasteiger partial charge on any atom is 0.219 e. The van der Waals surface area contributed by atoms with E-state index in [2.05, 4.69) is 10.6 Å². The molecule has 0 unspecified atom stereocenters. The maximum atomic E-state index is 11.2. The molecule has 0 heterocycles. The van der Waals surface area contributed by atoms with Gasteiger partial charge in [0.05, 0.1) is 0 Å². The molecular weight excluding hydrogens is 228 g/mol. The zero-order valence-corrected chi connectivity index (χ0v) is 11.9. The molecule has 0 aliphatic heterocycles. The van der Waals surface area contributed by atoms with E-state index in [1.807, 2.05) is 13.8 Å². The predicted octanol–water partition coefficient (Wildman–Crippen LogP) is 2.38. The highest BCUT2D eigenvalue weighted by Gasteiger charge is 2.00. The third-order valence-corrected chi connectivity index (χ3v) is 2.81. The third kappa shape index (κ3) is 11.4. The molecule has 0 atom stereocenters. The quantitative estimate of drug-likeness (QED) is 0.558. The Labute approximate surface area is 111 Å². The molecule has 0 saturated carbocycles. The van der Waals surface area contributed by atoms with Crippen molar-refractivity contribution in [1.82, 2.24) is 10.6 Å². The van der Waals surface area contributed by atoms with E-state index >= 15 is 0 Å². The molecule has 106 valence electrons. The molecule has 0 aliphatic carbocycles. The van der Waals surface area contributed by atoms with Gasteiger partial charge in [-0.2, -0.15) is 0 Å². The van der Waals surface area contributed by atoms with Crippen LogP contribution in [0.15, 0.2) is 0 Å². The molecular formula is C14H28N2O2. The number of unbranched alkanes of at least 4 members (excludes halogenated alkanes) is 5. The van der Waals surface area contributed by atoms with Gasteiger partial charge in [0.15, 0.2) is 0 Å². The average molecular weight is 256 g/mol. The summed E-state index contributed by atoms with van der Waals surface area (Å²) in [7, 11) is 0. The fourth-order valence-electron chi connectivity index (χ4n) is 1.85. The zero-order valence-electron chi connectivity index (χ0n) is 11.9. The van der Waals surface area contributed by atoms with Gasteiger partial charge < -0.3 is 10.6 Å². The van der Waals surface area contributed by atoms with Gasteiger partial charge in [0.1, 0.15) is 0 Å². The fraction of sp³-hybridized carbons (Fsp3) is 0.857. The minimum Gasteiger partial charge on any atom is -0.356 e.